The maximum absolute atomic E-state index is 14.6. The summed E-state index contributed by atoms with van der Waals surface area (Å²) in [5, 5.41) is 9.23. The third-order valence-electron chi connectivity index (χ3n) is 4.68. The first kappa shape index (κ1) is 20.2. The van der Waals surface area contributed by atoms with Crippen LogP contribution in [0.5, 0.6) is 5.75 Å². The molecule has 0 spiro atoms. The fourth-order valence-electron chi connectivity index (χ4n) is 3.23. The third-order valence-corrected chi connectivity index (χ3v) is 4.68. The maximum Gasteiger partial charge on any atom is 0.341 e. The molecule has 1 atom stereocenters. The molecule has 11 heteroatoms. The van der Waals surface area contributed by atoms with E-state index in [0.29, 0.717) is 24.6 Å². The fourth-order valence-corrected chi connectivity index (χ4v) is 3.23. The molecule has 0 radical (unpaired) electrons. The van der Waals surface area contributed by atoms with Gasteiger partial charge in [-0.15, -0.1) is 0 Å². The summed E-state index contributed by atoms with van der Waals surface area (Å²) in [4.78, 5) is 23.7. The normalized spacial score (nSPS) is 19.4. The van der Waals surface area contributed by atoms with Crippen LogP contribution >= 0.6 is 0 Å². The van der Waals surface area contributed by atoms with Crippen molar-refractivity contribution in [1.82, 2.24) is 4.57 Å². The number of halogens is 1. The van der Waals surface area contributed by atoms with Gasteiger partial charge in [-0.3, -0.25) is 9.35 Å². The molecule has 0 bridgehead atoms. The molecule has 1 saturated carbocycles. The van der Waals surface area contributed by atoms with Gasteiger partial charge in [0.2, 0.25) is 5.43 Å². The van der Waals surface area contributed by atoms with E-state index in [-0.39, 0.29) is 34.9 Å². The summed E-state index contributed by atoms with van der Waals surface area (Å²) in [6, 6.07) is 0.920. The Bertz CT molecular complexity index is 1140. The number of hydrogen-bond acceptors (Lipinski definition) is 6. The van der Waals surface area contributed by atoms with Crippen LogP contribution < -0.4 is 15.9 Å². The molecule has 0 amide bonds. The summed E-state index contributed by atoms with van der Waals surface area (Å²) in [5.41, 5.74) is 5.02. The number of rotatable bonds is 2. The quantitative estimate of drug-likeness (QED) is 0.622. The second-order valence-corrected chi connectivity index (χ2v) is 8.56. The van der Waals surface area contributed by atoms with E-state index in [1.54, 1.807) is 4.57 Å². The number of aromatic nitrogens is 1. The van der Waals surface area contributed by atoms with Gasteiger partial charge in [-0.2, -0.15) is 8.42 Å². The van der Waals surface area contributed by atoms with Crippen LogP contribution in [0.25, 0.3) is 10.9 Å². The van der Waals surface area contributed by atoms with E-state index < -0.39 is 32.9 Å². The average Bonchev–Trinajstić information content (AvgIpc) is 3.28. The van der Waals surface area contributed by atoms with Gasteiger partial charge in [-0.1, -0.05) is 0 Å². The number of nitrogens with zero attached hydrogens (tertiary/aromatic N) is 1. The zero-order valence-corrected chi connectivity index (χ0v) is 15.9. The van der Waals surface area contributed by atoms with Crippen LogP contribution in [0.15, 0.2) is 17.1 Å². The highest BCUT2D eigenvalue weighted by Gasteiger charge is 2.46. The first-order valence-corrected chi connectivity index (χ1v) is 10.2. The minimum absolute atomic E-state index is 0.0111. The van der Waals surface area contributed by atoms with Crippen molar-refractivity contribution in [2.75, 3.05) is 12.9 Å². The van der Waals surface area contributed by atoms with Crippen LogP contribution in [0.4, 0.5) is 4.39 Å². The van der Waals surface area contributed by atoms with Crippen LogP contribution in [0.3, 0.4) is 0 Å². The van der Waals surface area contributed by atoms with Crippen LogP contribution in [0, 0.1) is 5.82 Å². The highest BCUT2D eigenvalue weighted by Crippen LogP contribution is 2.50. The van der Waals surface area contributed by atoms with Gasteiger partial charge in [0.25, 0.3) is 10.1 Å². The second kappa shape index (κ2) is 6.54. The smallest absolute Gasteiger partial charge is 0.341 e. The largest absolute Gasteiger partial charge is 0.489 e. The molecule has 2 aromatic rings. The average molecular weight is 414 g/mol. The molecular weight excluding hydrogens is 395 g/mol. The third kappa shape index (κ3) is 3.60. The van der Waals surface area contributed by atoms with Crippen molar-refractivity contribution < 1.29 is 32.0 Å². The summed E-state index contributed by atoms with van der Waals surface area (Å²) < 4.78 is 47.9. The SMILES string of the molecule is CS(=O)(=O)O.C[C@@H]1COc2c(C3(N)CC3)c(F)cc3c(=O)c(C(=O)O)cn1c23. The zero-order valence-electron chi connectivity index (χ0n) is 15.1. The van der Waals surface area contributed by atoms with E-state index in [9.17, 15) is 27.5 Å². The van der Waals surface area contributed by atoms with Gasteiger partial charge >= 0.3 is 5.97 Å². The fraction of sp³-hybridized carbons (Fsp3) is 0.412. The summed E-state index contributed by atoms with van der Waals surface area (Å²) in [5.74, 6) is -1.68. The first-order valence-electron chi connectivity index (χ1n) is 8.33. The molecule has 28 heavy (non-hydrogen) atoms. The van der Waals surface area contributed by atoms with E-state index in [0.717, 1.165) is 6.07 Å². The van der Waals surface area contributed by atoms with E-state index in [2.05, 4.69) is 0 Å². The number of ether oxygens (including phenoxy) is 1. The zero-order chi connectivity index (χ0) is 21.0. The van der Waals surface area contributed by atoms with Gasteiger partial charge in [0.15, 0.2) is 5.75 Å². The molecule has 1 fully saturated rings. The lowest BCUT2D eigenvalue weighted by Crippen LogP contribution is -2.30. The van der Waals surface area contributed by atoms with Crippen molar-refractivity contribution in [3.8, 4) is 5.75 Å². The van der Waals surface area contributed by atoms with Gasteiger partial charge in [-0.05, 0) is 25.8 Å². The van der Waals surface area contributed by atoms with Gasteiger partial charge in [0.05, 0.1) is 28.8 Å². The Morgan fingerprint density at radius 1 is 1.43 bits per heavy atom. The highest BCUT2D eigenvalue weighted by molar-refractivity contribution is 7.85. The van der Waals surface area contributed by atoms with Crippen LogP contribution in [0.2, 0.25) is 0 Å². The molecule has 4 N–H and O–H groups in total. The van der Waals surface area contributed by atoms with E-state index in [4.69, 9.17) is 15.0 Å². The molecule has 152 valence electrons. The number of carboxylic acid groups (broad SMARTS) is 1. The Morgan fingerprint density at radius 3 is 2.50 bits per heavy atom. The minimum Gasteiger partial charge on any atom is -0.489 e. The van der Waals surface area contributed by atoms with E-state index in [1.807, 2.05) is 6.92 Å². The number of hydrogen-bond donors (Lipinski definition) is 3. The van der Waals surface area contributed by atoms with Gasteiger partial charge in [0.1, 0.15) is 18.0 Å². The molecule has 1 aromatic heterocycles. The van der Waals surface area contributed by atoms with Crippen LogP contribution in [-0.4, -0.2) is 41.5 Å². The van der Waals surface area contributed by atoms with Crippen LogP contribution in [-0.2, 0) is 15.7 Å². The van der Waals surface area contributed by atoms with Gasteiger partial charge in [0, 0.05) is 11.7 Å². The van der Waals surface area contributed by atoms with Crippen molar-refractivity contribution >= 4 is 27.0 Å². The van der Waals surface area contributed by atoms with Crippen molar-refractivity contribution in [2.24, 2.45) is 5.73 Å². The topological polar surface area (TPSA) is 149 Å². The van der Waals surface area contributed by atoms with Crippen molar-refractivity contribution in [3.05, 3.63) is 39.4 Å². The van der Waals surface area contributed by atoms with Gasteiger partial charge < -0.3 is 20.1 Å². The van der Waals surface area contributed by atoms with Crippen LogP contribution in [0.1, 0.15) is 41.7 Å². The number of benzene rings is 1. The molecule has 9 nitrogen and oxygen atoms in total. The molecule has 0 unspecified atom stereocenters. The Kier molecular flexibility index (Phi) is 4.72. The standard InChI is InChI=1S/C16H15FN2O4.CH4O3S/c1-7-6-23-14-11(16(18)2-3-16)10(17)4-8-12(14)19(7)5-9(13(8)20)15(21)22;1-5(2,3)4/h4-5,7H,2-3,6,18H2,1H3,(H,21,22);1H3,(H,2,3,4)/t7-;/m1./s1. The lowest BCUT2D eigenvalue weighted by atomic mass is 9.98. The Balaban J connectivity index is 0.000000403. The maximum atomic E-state index is 14.6. The predicted molar refractivity (Wildman–Crippen MR) is 97.9 cm³/mol. The molecule has 0 saturated heterocycles. The Hall–Kier alpha value is -2.50. The summed E-state index contributed by atoms with van der Waals surface area (Å²) in [6.07, 6.45) is 3.33. The number of pyridine rings is 1. The van der Waals surface area contributed by atoms with E-state index >= 15 is 0 Å². The summed E-state index contributed by atoms with van der Waals surface area (Å²) in [7, 11) is -3.67. The molecule has 4 rings (SSSR count). The molecule has 1 aromatic carbocycles. The summed E-state index contributed by atoms with van der Waals surface area (Å²) in [6.45, 7) is 2.10. The minimum atomic E-state index is -3.67. The monoisotopic (exact) mass is 414 g/mol. The number of carboxylic acids is 1. The van der Waals surface area contributed by atoms with E-state index in [1.165, 1.54) is 6.20 Å². The predicted octanol–water partition coefficient (Wildman–Crippen LogP) is 1.24. The molecular formula is C17H19FN2O7S. The first-order chi connectivity index (χ1) is 12.8. The Labute approximate surface area is 159 Å². The Morgan fingerprint density at radius 2 is 2.00 bits per heavy atom. The summed E-state index contributed by atoms with van der Waals surface area (Å²) >= 11 is 0. The number of nitrogens with two attached hydrogens (primary N) is 1. The highest BCUT2D eigenvalue weighted by atomic mass is 32.2. The molecule has 2 aliphatic rings. The van der Waals surface area contributed by atoms with Gasteiger partial charge in [-0.25, -0.2) is 9.18 Å². The number of aromatic carboxylic acids is 1. The lowest BCUT2D eigenvalue weighted by Gasteiger charge is -2.29. The number of carbonyl (C=O) groups is 1. The second-order valence-electron chi connectivity index (χ2n) is 7.09. The molecule has 2 heterocycles. The molecule has 1 aliphatic heterocycles. The van der Waals surface area contributed by atoms with Crippen molar-refractivity contribution in [3.63, 3.8) is 0 Å². The van der Waals surface area contributed by atoms with Crippen molar-refractivity contribution in [1.29, 1.82) is 0 Å². The lowest BCUT2D eigenvalue weighted by molar-refractivity contribution is 0.0694. The molecule has 1 aliphatic carbocycles. The van der Waals surface area contributed by atoms with Crippen molar-refractivity contribution in [2.45, 2.75) is 31.3 Å².